The fourth-order valence-corrected chi connectivity index (χ4v) is 4.40. The lowest BCUT2D eigenvalue weighted by Crippen LogP contribution is -2.39. The van der Waals surface area contributed by atoms with E-state index in [1.165, 1.54) is 24.3 Å². The van der Waals surface area contributed by atoms with Crippen molar-refractivity contribution in [3.63, 3.8) is 0 Å². The van der Waals surface area contributed by atoms with Gasteiger partial charge in [-0.2, -0.15) is 5.26 Å². The maximum atomic E-state index is 12.9. The van der Waals surface area contributed by atoms with E-state index < -0.39 is 10.0 Å². The molecule has 1 N–H and O–H groups in total. The minimum atomic E-state index is -3.46. The zero-order chi connectivity index (χ0) is 19.3. The number of hydrogen-bond acceptors (Lipinski definition) is 5. The first kappa shape index (κ1) is 19.3. The Labute approximate surface area is 158 Å². The molecule has 0 unspecified atom stereocenters. The van der Waals surface area contributed by atoms with Crippen LogP contribution in [0.3, 0.4) is 0 Å². The molecule has 2 heterocycles. The number of rotatable bonds is 6. The molecule has 0 saturated carbocycles. The van der Waals surface area contributed by atoms with Crippen LogP contribution >= 0.6 is 0 Å². The lowest BCUT2D eigenvalue weighted by Gasteiger charge is -2.33. The highest BCUT2D eigenvalue weighted by atomic mass is 32.2. The molecular formula is C19H21FN4O2S. The molecule has 1 aromatic carbocycles. The molecule has 8 heteroatoms. The molecular weight excluding hydrogens is 367 g/mol. The second-order valence-corrected chi connectivity index (χ2v) is 8.46. The smallest absolute Gasteiger partial charge is 0.215 e. The quantitative estimate of drug-likeness (QED) is 0.821. The van der Waals surface area contributed by atoms with Gasteiger partial charge in [-0.3, -0.25) is 0 Å². The molecule has 0 bridgehead atoms. The van der Waals surface area contributed by atoms with E-state index in [-0.39, 0.29) is 17.5 Å². The Hall–Kier alpha value is -2.50. The molecule has 0 spiro atoms. The second-order valence-electron chi connectivity index (χ2n) is 6.65. The molecule has 27 heavy (non-hydrogen) atoms. The van der Waals surface area contributed by atoms with Crippen LogP contribution in [0.5, 0.6) is 0 Å². The zero-order valence-electron chi connectivity index (χ0n) is 14.8. The van der Waals surface area contributed by atoms with Gasteiger partial charge < -0.3 is 4.90 Å². The summed E-state index contributed by atoms with van der Waals surface area (Å²) in [6.07, 6.45) is 3.31. The van der Waals surface area contributed by atoms with E-state index in [1.807, 2.05) is 0 Å². The van der Waals surface area contributed by atoms with Crippen LogP contribution in [0.4, 0.5) is 10.2 Å². The number of nitrogens with zero attached hydrogens (tertiary/aromatic N) is 3. The number of piperidine rings is 1. The highest BCUT2D eigenvalue weighted by Gasteiger charge is 2.23. The number of benzene rings is 1. The number of halogens is 1. The zero-order valence-corrected chi connectivity index (χ0v) is 15.6. The van der Waals surface area contributed by atoms with E-state index in [1.54, 1.807) is 18.3 Å². The third-order valence-electron chi connectivity index (χ3n) is 4.68. The topological polar surface area (TPSA) is 86.1 Å². The van der Waals surface area contributed by atoms with Gasteiger partial charge in [0.1, 0.15) is 17.7 Å². The molecule has 142 valence electrons. The Balaban J connectivity index is 1.50. The summed E-state index contributed by atoms with van der Waals surface area (Å²) in [4.78, 5) is 6.37. The van der Waals surface area contributed by atoms with Crippen LogP contribution in [0.2, 0.25) is 0 Å². The van der Waals surface area contributed by atoms with Crippen LogP contribution in [0.25, 0.3) is 0 Å². The predicted molar refractivity (Wildman–Crippen MR) is 101 cm³/mol. The lowest BCUT2D eigenvalue weighted by atomic mass is 9.97. The van der Waals surface area contributed by atoms with Gasteiger partial charge in [-0.25, -0.2) is 22.5 Å². The van der Waals surface area contributed by atoms with Crippen LogP contribution in [0, 0.1) is 23.1 Å². The normalized spacial score (nSPS) is 15.5. The fraction of sp³-hybridized carbons (Fsp3) is 0.368. The Bertz CT molecular complexity index is 917. The Morgan fingerprint density at radius 2 is 1.93 bits per heavy atom. The monoisotopic (exact) mass is 388 g/mol. The number of aromatic nitrogens is 1. The maximum absolute atomic E-state index is 12.9. The van der Waals surface area contributed by atoms with Gasteiger partial charge in [0.25, 0.3) is 0 Å². The molecule has 0 radical (unpaired) electrons. The van der Waals surface area contributed by atoms with Crippen molar-refractivity contribution in [3.05, 3.63) is 59.5 Å². The number of sulfonamides is 1. The van der Waals surface area contributed by atoms with Crippen LogP contribution < -0.4 is 9.62 Å². The molecule has 0 aliphatic carbocycles. The van der Waals surface area contributed by atoms with Crippen molar-refractivity contribution in [1.82, 2.24) is 9.71 Å². The largest absolute Gasteiger partial charge is 0.356 e. The molecule has 1 aliphatic heterocycles. The number of anilines is 1. The summed E-state index contributed by atoms with van der Waals surface area (Å²) < 4.78 is 40.1. The van der Waals surface area contributed by atoms with Gasteiger partial charge in [0, 0.05) is 25.8 Å². The molecule has 1 saturated heterocycles. The Kier molecular flexibility index (Phi) is 6.04. The highest BCUT2D eigenvalue weighted by Crippen LogP contribution is 2.24. The van der Waals surface area contributed by atoms with Crippen molar-refractivity contribution >= 4 is 15.8 Å². The van der Waals surface area contributed by atoms with E-state index in [0.29, 0.717) is 23.5 Å². The minimum Gasteiger partial charge on any atom is -0.356 e. The first-order valence-electron chi connectivity index (χ1n) is 8.79. The molecule has 3 rings (SSSR count). The Morgan fingerprint density at radius 3 is 2.59 bits per heavy atom. The maximum Gasteiger partial charge on any atom is 0.215 e. The van der Waals surface area contributed by atoms with E-state index >= 15 is 0 Å². The van der Waals surface area contributed by atoms with Crippen LogP contribution in [-0.2, 0) is 15.8 Å². The van der Waals surface area contributed by atoms with Crippen LogP contribution in [-0.4, -0.2) is 33.0 Å². The van der Waals surface area contributed by atoms with Crippen LogP contribution in [0.1, 0.15) is 24.0 Å². The van der Waals surface area contributed by atoms with E-state index in [2.05, 4.69) is 20.7 Å². The van der Waals surface area contributed by atoms with Crippen molar-refractivity contribution in [2.75, 3.05) is 24.5 Å². The Morgan fingerprint density at radius 1 is 1.22 bits per heavy atom. The van der Waals surface area contributed by atoms with Crippen molar-refractivity contribution in [3.8, 4) is 6.07 Å². The summed E-state index contributed by atoms with van der Waals surface area (Å²) in [5.74, 6) is 0.378. The third kappa shape index (κ3) is 5.25. The van der Waals surface area contributed by atoms with Crippen molar-refractivity contribution < 1.29 is 12.8 Å². The van der Waals surface area contributed by atoms with Crippen molar-refractivity contribution in [2.24, 2.45) is 5.92 Å². The second kappa shape index (κ2) is 8.46. The van der Waals surface area contributed by atoms with Crippen molar-refractivity contribution in [1.29, 1.82) is 5.26 Å². The molecule has 6 nitrogen and oxygen atoms in total. The van der Waals surface area contributed by atoms with Gasteiger partial charge in [0.2, 0.25) is 10.0 Å². The summed E-state index contributed by atoms with van der Waals surface area (Å²) in [6, 6.07) is 11.1. The first-order chi connectivity index (χ1) is 13.0. The average Bonchev–Trinajstić information content (AvgIpc) is 2.68. The molecule has 1 fully saturated rings. The summed E-state index contributed by atoms with van der Waals surface area (Å²) in [6.45, 7) is 1.84. The first-order valence-corrected chi connectivity index (χ1v) is 10.4. The van der Waals surface area contributed by atoms with E-state index in [0.717, 1.165) is 25.9 Å². The molecule has 1 aliphatic rings. The summed E-state index contributed by atoms with van der Waals surface area (Å²) in [5.41, 5.74) is 1.11. The molecule has 0 atom stereocenters. The summed E-state index contributed by atoms with van der Waals surface area (Å²) >= 11 is 0. The number of pyridine rings is 1. The summed E-state index contributed by atoms with van der Waals surface area (Å²) in [5, 5.41) is 9.20. The summed E-state index contributed by atoms with van der Waals surface area (Å²) in [7, 11) is -3.46. The predicted octanol–water partition coefficient (Wildman–Crippen LogP) is 2.43. The van der Waals surface area contributed by atoms with Crippen LogP contribution in [0.15, 0.2) is 42.6 Å². The fourth-order valence-electron chi connectivity index (χ4n) is 3.18. The molecule has 0 amide bonds. The number of hydrogen-bond donors (Lipinski definition) is 1. The SMILES string of the molecule is N#Cc1cccnc1N1CCC(CNS(=O)(=O)Cc2ccc(F)cc2)CC1. The van der Waals surface area contributed by atoms with E-state index in [4.69, 9.17) is 0 Å². The average molecular weight is 388 g/mol. The molecule has 2 aromatic rings. The standard InChI is InChI=1S/C19H21FN4O2S/c20-18-5-3-16(4-6-18)14-27(25,26)23-13-15-7-10-24(11-8-15)19-17(12-21)2-1-9-22-19/h1-6,9,15,23H,7-8,10-11,13-14H2. The van der Waals surface area contributed by atoms with Gasteiger partial charge >= 0.3 is 0 Å². The minimum absolute atomic E-state index is 0.161. The third-order valence-corrected chi connectivity index (χ3v) is 6.00. The molecule has 1 aromatic heterocycles. The van der Waals surface area contributed by atoms with Gasteiger partial charge in [0.15, 0.2) is 0 Å². The van der Waals surface area contributed by atoms with Gasteiger partial charge in [0.05, 0.1) is 11.3 Å². The van der Waals surface area contributed by atoms with Crippen molar-refractivity contribution in [2.45, 2.75) is 18.6 Å². The lowest BCUT2D eigenvalue weighted by molar-refractivity contribution is 0.400. The van der Waals surface area contributed by atoms with E-state index in [9.17, 15) is 18.1 Å². The van der Waals surface area contributed by atoms with Gasteiger partial charge in [-0.15, -0.1) is 0 Å². The van der Waals surface area contributed by atoms with Gasteiger partial charge in [-0.1, -0.05) is 12.1 Å². The number of nitrogens with one attached hydrogen (secondary N) is 1. The van der Waals surface area contributed by atoms with Gasteiger partial charge in [-0.05, 0) is 48.6 Å². The number of nitriles is 1. The highest BCUT2D eigenvalue weighted by molar-refractivity contribution is 7.88.